The van der Waals surface area contributed by atoms with Crippen LogP contribution < -0.4 is 0 Å². The molecule has 7 nitrogen and oxygen atoms in total. The fourth-order valence-electron chi connectivity index (χ4n) is 3.62. The van der Waals surface area contributed by atoms with Gasteiger partial charge in [-0.3, -0.25) is 9.59 Å². The summed E-state index contributed by atoms with van der Waals surface area (Å²) in [5, 5.41) is 0.712. The van der Waals surface area contributed by atoms with Crippen LogP contribution in [0.15, 0.2) is 18.2 Å². The molecule has 0 N–H and O–H groups in total. The average Bonchev–Trinajstić information content (AvgIpc) is 2.70. The zero-order valence-electron chi connectivity index (χ0n) is 15.4. The minimum atomic E-state index is -3.49. The highest BCUT2D eigenvalue weighted by molar-refractivity contribution is 7.88. The first-order chi connectivity index (χ1) is 13.3. The van der Waals surface area contributed by atoms with Crippen LogP contribution in [0.5, 0.6) is 0 Å². The Morgan fingerprint density at radius 2 is 1.68 bits per heavy atom. The molecule has 28 heavy (non-hydrogen) atoms. The molecule has 0 bridgehead atoms. The molecule has 0 radical (unpaired) electrons. The van der Waals surface area contributed by atoms with Gasteiger partial charge in [0.25, 0.3) is 0 Å². The molecule has 154 valence electrons. The number of piperazine rings is 1. The first kappa shape index (κ1) is 21.4. The SMILES string of the molecule is O=CN1CCN(C(=O)C2CCN(S(=O)(=O)Cc3ccc(Cl)c(Cl)c3)CC2)CC1. The van der Waals surface area contributed by atoms with Crippen molar-refractivity contribution < 1.29 is 18.0 Å². The summed E-state index contributed by atoms with van der Waals surface area (Å²) in [6, 6.07) is 4.81. The Morgan fingerprint density at radius 1 is 1.04 bits per heavy atom. The highest BCUT2D eigenvalue weighted by Gasteiger charge is 2.34. The predicted octanol–water partition coefficient (Wildman–Crippen LogP) is 1.84. The normalized spacial score (nSPS) is 19.6. The van der Waals surface area contributed by atoms with Gasteiger partial charge in [0.1, 0.15) is 0 Å². The van der Waals surface area contributed by atoms with Crippen LogP contribution in [0, 0.1) is 5.92 Å². The number of sulfonamides is 1. The number of piperidine rings is 1. The van der Waals surface area contributed by atoms with E-state index in [4.69, 9.17) is 23.2 Å². The molecule has 2 aliphatic heterocycles. The molecule has 0 aromatic heterocycles. The van der Waals surface area contributed by atoms with E-state index in [1.165, 1.54) is 4.31 Å². The Kier molecular flexibility index (Phi) is 6.85. The van der Waals surface area contributed by atoms with Crippen molar-refractivity contribution in [2.75, 3.05) is 39.3 Å². The second kappa shape index (κ2) is 8.98. The van der Waals surface area contributed by atoms with Gasteiger partial charge in [-0.2, -0.15) is 0 Å². The average molecular weight is 448 g/mol. The van der Waals surface area contributed by atoms with Crippen LogP contribution in [0.1, 0.15) is 18.4 Å². The third-order valence-electron chi connectivity index (χ3n) is 5.30. The summed E-state index contributed by atoms with van der Waals surface area (Å²) < 4.78 is 26.9. The van der Waals surface area contributed by atoms with E-state index >= 15 is 0 Å². The van der Waals surface area contributed by atoms with Gasteiger partial charge in [0, 0.05) is 45.2 Å². The summed E-state index contributed by atoms with van der Waals surface area (Å²) in [4.78, 5) is 26.9. The summed E-state index contributed by atoms with van der Waals surface area (Å²) in [7, 11) is -3.49. The molecule has 0 saturated carbocycles. The molecule has 2 amide bonds. The largest absolute Gasteiger partial charge is 0.342 e. The number of rotatable bonds is 5. The maximum Gasteiger partial charge on any atom is 0.225 e. The molecule has 1 aromatic rings. The van der Waals surface area contributed by atoms with Gasteiger partial charge in [-0.25, -0.2) is 12.7 Å². The van der Waals surface area contributed by atoms with Crippen molar-refractivity contribution in [3.8, 4) is 0 Å². The summed E-state index contributed by atoms with van der Waals surface area (Å²) in [5.74, 6) is -0.248. The van der Waals surface area contributed by atoms with Crippen LogP contribution in [0.4, 0.5) is 0 Å². The van der Waals surface area contributed by atoms with E-state index in [-0.39, 0.29) is 17.6 Å². The lowest BCUT2D eigenvalue weighted by Crippen LogP contribution is -2.51. The van der Waals surface area contributed by atoms with Gasteiger partial charge in [-0.1, -0.05) is 29.3 Å². The number of halogens is 2. The quantitative estimate of drug-likeness (QED) is 0.645. The standard InChI is InChI=1S/C18H23Cl2N3O4S/c19-16-2-1-14(11-17(16)20)12-28(26,27)23-5-3-15(4-6-23)18(25)22-9-7-21(13-24)8-10-22/h1-2,11,13,15H,3-10,12H2. The van der Waals surface area contributed by atoms with Crippen molar-refractivity contribution in [1.82, 2.24) is 14.1 Å². The number of benzene rings is 1. The Bertz CT molecular complexity index is 833. The molecule has 10 heteroatoms. The van der Waals surface area contributed by atoms with Crippen molar-refractivity contribution in [3.05, 3.63) is 33.8 Å². The minimum absolute atomic E-state index is 0.0621. The zero-order chi connectivity index (χ0) is 20.3. The molecule has 2 fully saturated rings. The first-order valence-corrected chi connectivity index (χ1v) is 11.6. The summed E-state index contributed by atoms with van der Waals surface area (Å²) in [5.41, 5.74) is 0.584. The van der Waals surface area contributed by atoms with Gasteiger partial charge in [0.15, 0.2) is 0 Å². The topological polar surface area (TPSA) is 78.0 Å². The van der Waals surface area contributed by atoms with Crippen molar-refractivity contribution in [1.29, 1.82) is 0 Å². The zero-order valence-corrected chi connectivity index (χ0v) is 17.7. The van der Waals surface area contributed by atoms with Crippen LogP contribution in [0.2, 0.25) is 10.0 Å². The van der Waals surface area contributed by atoms with E-state index in [9.17, 15) is 18.0 Å². The maximum absolute atomic E-state index is 12.7. The molecule has 1 aromatic carbocycles. The molecule has 0 spiro atoms. The smallest absolute Gasteiger partial charge is 0.225 e. The number of amides is 2. The molecule has 2 heterocycles. The Labute approximate surface area is 175 Å². The second-order valence-corrected chi connectivity index (χ2v) is 9.93. The number of nitrogens with zero attached hydrogens (tertiary/aromatic N) is 3. The van der Waals surface area contributed by atoms with Crippen LogP contribution in [-0.2, 0) is 25.4 Å². The van der Waals surface area contributed by atoms with Gasteiger partial charge in [0.05, 0.1) is 15.8 Å². The van der Waals surface area contributed by atoms with Gasteiger partial charge >= 0.3 is 0 Å². The lowest BCUT2D eigenvalue weighted by atomic mass is 9.96. The van der Waals surface area contributed by atoms with Gasteiger partial charge in [0.2, 0.25) is 22.3 Å². The van der Waals surface area contributed by atoms with Crippen LogP contribution >= 0.6 is 23.2 Å². The number of hydrogen-bond donors (Lipinski definition) is 0. The summed E-state index contributed by atoms with van der Waals surface area (Å²) in [6.07, 6.45) is 1.82. The number of hydrogen-bond acceptors (Lipinski definition) is 4. The van der Waals surface area contributed by atoms with Crippen LogP contribution in [-0.4, -0.2) is 74.1 Å². The van der Waals surface area contributed by atoms with E-state index in [2.05, 4.69) is 0 Å². The van der Waals surface area contributed by atoms with Crippen molar-refractivity contribution in [3.63, 3.8) is 0 Å². The Balaban J connectivity index is 1.54. The first-order valence-electron chi connectivity index (χ1n) is 9.20. The van der Waals surface area contributed by atoms with E-state index in [1.807, 2.05) is 0 Å². The number of carbonyl (C=O) groups excluding carboxylic acids is 2. The van der Waals surface area contributed by atoms with E-state index < -0.39 is 10.0 Å². The monoisotopic (exact) mass is 447 g/mol. The molecule has 0 unspecified atom stereocenters. The fourth-order valence-corrected chi connectivity index (χ4v) is 5.49. The third-order valence-corrected chi connectivity index (χ3v) is 7.89. The highest BCUT2D eigenvalue weighted by Crippen LogP contribution is 2.26. The molecule has 0 aliphatic carbocycles. The second-order valence-electron chi connectivity index (χ2n) is 7.14. The Morgan fingerprint density at radius 3 is 2.25 bits per heavy atom. The van der Waals surface area contributed by atoms with Gasteiger partial charge in [-0.05, 0) is 30.5 Å². The molecular formula is C18H23Cl2N3O4S. The lowest BCUT2D eigenvalue weighted by Gasteiger charge is -2.37. The van der Waals surface area contributed by atoms with E-state index in [1.54, 1.807) is 28.0 Å². The molecule has 0 atom stereocenters. The van der Waals surface area contributed by atoms with Gasteiger partial charge in [-0.15, -0.1) is 0 Å². The number of carbonyl (C=O) groups is 2. The highest BCUT2D eigenvalue weighted by atomic mass is 35.5. The van der Waals surface area contributed by atoms with Crippen LogP contribution in [0.3, 0.4) is 0 Å². The third kappa shape index (κ3) is 4.97. The summed E-state index contributed by atoms with van der Waals surface area (Å²) in [6.45, 7) is 2.82. The maximum atomic E-state index is 12.7. The molecule has 2 aliphatic rings. The summed E-state index contributed by atoms with van der Waals surface area (Å²) >= 11 is 11.8. The lowest BCUT2D eigenvalue weighted by molar-refractivity contribution is -0.140. The Hall–Kier alpha value is -1.35. The minimum Gasteiger partial charge on any atom is -0.342 e. The van der Waals surface area contributed by atoms with Crippen molar-refractivity contribution in [2.24, 2.45) is 5.92 Å². The molecular weight excluding hydrogens is 425 g/mol. The van der Waals surface area contributed by atoms with Crippen molar-refractivity contribution in [2.45, 2.75) is 18.6 Å². The van der Waals surface area contributed by atoms with Gasteiger partial charge < -0.3 is 9.80 Å². The molecule has 2 saturated heterocycles. The van der Waals surface area contributed by atoms with Crippen LogP contribution in [0.25, 0.3) is 0 Å². The van der Waals surface area contributed by atoms with E-state index in [0.717, 1.165) is 6.41 Å². The fraction of sp³-hybridized carbons (Fsp3) is 0.556. The van der Waals surface area contributed by atoms with Crippen molar-refractivity contribution >= 4 is 45.5 Å². The molecule has 3 rings (SSSR count). The van der Waals surface area contributed by atoms with E-state index in [0.29, 0.717) is 67.7 Å². The predicted molar refractivity (Wildman–Crippen MR) is 108 cm³/mol.